The van der Waals surface area contributed by atoms with Crippen LogP contribution in [0.5, 0.6) is 0 Å². The van der Waals surface area contributed by atoms with Gasteiger partial charge in [0.25, 0.3) is 0 Å². The first-order valence-corrected chi connectivity index (χ1v) is 8.87. The number of hydrogen-bond donors (Lipinski definition) is 1. The van der Waals surface area contributed by atoms with E-state index in [1.165, 1.54) is 6.07 Å². The summed E-state index contributed by atoms with van der Waals surface area (Å²) in [6.45, 7) is -0.673. The smallest absolute Gasteiger partial charge is 0.245 e. The number of sulfonamides is 1. The van der Waals surface area contributed by atoms with E-state index in [1.807, 2.05) is 0 Å². The Morgan fingerprint density at radius 3 is 2.50 bits per heavy atom. The van der Waals surface area contributed by atoms with Gasteiger partial charge in [0.2, 0.25) is 15.9 Å². The summed E-state index contributed by atoms with van der Waals surface area (Å²) in [6.07, 6.45) is 0.822. The van der Waals surface area contributed by atoms with Crippen LogP contribution >= 0.6 is 11.6 Å². The molecule has 128 valence electrons. The van der Waals surface area contributed by atoms with Crippen molar-refractivity contribution in [1.29, 1.82) is 0 Å². The first kappa shape index (κ1) is 18.2. The Kier molecular flexibility index (Phi) is 5.40. The van der Waals surface area contributed by atoms with Gasteiger partial charge in [0, 0.05) is 16.8 Å². The Morgan fingerprint density at radius 1 is 1.21 bits per heavy atom. The molecule has 0 bridgehead atoms. The van der Waals surface area contributed by atoms with Crippen LogP contribution in [-0.4, -0.2) is 27.1 Å². The van der Waals surface area contributed by atoms with Crippen molar-refractivity contribution in [3.05, 3.63) is 59.1 Å². The highest BCUT2D eigenvalue weighted by atomic mass is 35.5. The molecule has 0 saturated heterocycles. The number of halogens is 3. The van der Waals surface area contributed by atoms with E-state index in [1.54, 1.807) is 18.2 Å². The molecule has 0 aromatic heterocycles. The number of carbonyl (C=O) groups is 1. The van der Waals surface area contributed by atoms with Crippen LogP contribution < -0.4 is 9.62 Å². The molecule has 5 nitrogen and oxygen atoms in total. The number of nitrogens with zero attached hydrogens (tertiary/aromatic N) is 1. The van der Waals surface area contributed by atoms with Crippen LogP contribution in [0, 0.1) is 11.6 Å². The predicted octanol–water partition coefficient (Wildman–Crippen LogP) is 3.02. The molecule has 0 fully saturated rings. The predicted molar refractivity (Wildman–Crippen MR) is 88.6 cm³/mol. The average molecular weight is 375 g/mol. The van der Waals surface area contributed by atoms with Crippen molar-refractivity contribution in [3.63, 3.8) is 0 Å². The summed E-state index contributed by atoms with van der Waals surface area (Å²) in [7, 11) is -3.96. The Balaban J connectivity index is 2.25. The lowest BCUT2D eigenvalue weighted by Gasteiger charge is -2.22. The number of benzene rings is 2. The number of nitrogens with one attached hydrogen (secondary N) is 1. The molecule has 24 heavy (non-hydrogen) atoms. The van der Waals surface area contributed by atoms with Crippen LogP contribution in [0.25, 0.3) is 0 Å². The van der Waals surface area contributed by atoms with Gasteiger partial charge in [-0.25, -0.2) is 17.2 Å². The van der Waals surface area contributed by atoms with E-state index in [4.69, 9.17) is 11.6 Å². The van der Waals surface area contributed by atoms with Gasteiger partial charge in [0.05, 0.1) is 11.9 Å². The van der Waals surface area contributed by atoms with Gasteiger partial charge < -0.3 is 5.32 Å². The van der Waals surface area contributed by atoms with Crippen LogP contribution in [-0.2, 0) is 14.8 Å². The summed E-state index contributed by atoms with van der Waals surface area (Å²) in [4.78, 5) is 12.1. The maximum Gasteiger partial charge on any atom is 0.245 e. The molecule has 0 atom stereocenters. The second kappa shape index (κ2) is 7.14. The van der Waals surface area contributed by atoms with E-state index < -0.39 is 39.8 Å². The minimum atomic E-state index is -3.96. The van der Waals surface area contributed by atoms with E-state index >= 15 is 0 Å². The van der Waals surface area contributed by atoms with Crippen LogP contribution in [0.2, 0.25) is 5.02 Å². The third kappa shape index (κ3) is 4.65. The Morgan fingerprint density at radius 2 is 1.92 bits per heavy atom. The van der Waals surface area contributed by atoms with Gasteiger partial charge in [-0.3, -0.25) is 9.10 Å². The van der Waals surface area contributed by atoms with Gasteiger partial charge in [-0.05, 0) is 30.3 Å². The van der Waals surface area contributed by atoms with Crippen molar-refractivity contribution in [2.75, 3.05) is 22.4 Å². The Bertz CT molecular complexity index is 875. The van der Waals surface area contributed by atoms with E-state index in [0.717, 1.165) is 18.4 Å². The lowest BCUT2D eigenvalue weighted by molar-refractivity contribution is -0.114. The van der Waals surface area contributed by atoms with Gasteiger partial charge in [0.1, 0.15) is 18.2 Å². The molecule has 9 heteroatoms. The number of anilines is 2. The molecule has 0 aliphatic rings. The molecular weight excluding hydrogens is 362 g/mol. The second-order valence-corrected chi connectivity index (χ2v) is 7.27. The average Bonchev–Trinajstić information content (AvgIpc) is 2.44. The van der Waals surface area contributed by atoms with Gasteiger partial charge in [-0.15, -0.1) is 0 Å². The maximum atomic E-state index is 13.9. The molecule has 2 aromatic rings. The van der Waals surface area contributed by atoms with Crippen molar-refractivity contribution in [1.82, 2.24) is 0 Å². The fourth-order valence-corrected chi connectivity index (χ4v) is 3.01. The zero-order chi connectivity index (χ0) is 17.9. The first-order valence-electron chi connectivity index (χ1n) is 6.65. The van der Waals surface area contributed by atoms with Crippen LogP contribution in [0.1, 0.15) is 0 Å². The molecule has 0 saturated carbocycles. The van der Waals surface area contributed by atoms with E-state index in [0.29, 0.717) is 21.1 Å². The van der Waals surface area contributed by atoms with E-state index in [2.05, 4.69) is 5.32 Å². The third-order valence-corrected chi connectivity index (χ3v) is 4.34. The topological polar surface area (TPSA) is 66.5 Å². The fourth-order valence-electron chi connectivity index (χ4n) is 1.96. The summed E-state index contributed by atoms with van der Waals surface area (Å²) in [5, 5.41) is 2.85. The first-order chi connectivity index (χ1) is 11.2. The van der Waals surface area contributed by atoms with Crippen molar-refractivity contribution in [2.24, 2.45) is 0 Å². The maximum absolute atomic E-state index is 13.9. The minimum Gasteiger partial charge on any atom is -0.324 e. The van der Waals surface area contributed by atoms with Gasteiger partial charge in [0.15, 0.2) is 0 Å². The van der Waals surface area contributed by atoms with Crippen molar-refractivity contribution in [2.45, 2.75) is 0 Å². The Hall–Kier alpha value is -2.19. The highest BCUT2D eigenvalue weighted by Gasteiger charge is 2.24. The largest absolute Gasteiger partial charge is 0.324 e. The van der Waals surface area contributed by atoms with Gasteiger partial charge in [-0.1, -0.05) is 17.7 Å². The fraction of sp³-hybridized carbons (Fsp3) is 0.133. The molecule has 0 unspecified atom stereocenters. The molecule has 0 aliphatic heterocycles. The van der Waals surface area contributed by atoms with Crippen molar-refractivity contribution < 1.29 is 22.0 Å². The standard InChI is InChI=1S/C15H13ClF2N2O3S/c1-24(22,23)20(14-6-5-11(17)8-13(14)18)9-15(21)19-12-4-2-3-10(16)7-12/h2-8H,9H2,1H3,(H,19,21). The molecule has 0 spiro atoms. The summed E-state index contributed by atoms with van der Waals surface area (Å²) in [5.74, 6) is -2.64. The molecule has 0 aliphatic carbocycles. The summed E-state index contributed by atoms with van der Waals surface area (Å²) in [5.41, 5.74) is -0.0549. The number of hydrogen-bond acceptors (Lipinski definition) is 3. The quantitative estimate of drug-likeness (QED) is 0.874. The third-order valence-electron chi connectivity index (χ3n) is 2.97. The molecule has 2 rings (SSSR count). The van der Waals surface area contributed by atoms with Gasteiger partial charge in [-0.2, -0.15) is 0 Å². The highest BCUT2D eigenvalue weighted by Crippen LogP contribution is 2.23. The van der Waals surface area contributed by atoms with Crippen LogP contribution in [0.3, 0.4) is 0 Å². The molecule has 2 aromatic carbocycles. The summed E-state index contributed by atoms with van der Waals surface area (Å²) < 4.78 is 51.2. The van der Waals surface area contributed by atoms with Crippen molar-refractivity contribution >= 4 is 38.9 Å². The van der Waals surface area contributed by atoms with Gasteiger partial charge >= 0.3 is 0 Å². The zero-order valence-electron chi connectivity index (χ0n) is 12.5. The molecule has 1 N–H and O–H groups in total. The van der Waals surface area contributed by atoms with E-state index in [-0.39, 0.29) is 0 Å². The molecule has 1 amide bonds. The van der Waals surface area contributed by atoms with Crippen LogP contribution in [0.15, 0.2) is 42.5 Å². The SMILES string of the molecule is CS(=O)(=O)N(CC(=O)Nc1cccc(Cl)c1)c1ccc(F)cc1F. The van der Waals surface area contributed by atoms with Crippen molar-refractivity contribution in [3.8, 4) is 0 Å². The number of rotatable bonds is 5. The molecular formula is C15H13ClF2N2O3S. The number of carbonyl (C=O) groups excluding carboxylic acids is 1. The lowest BCUT2D eigenvalue weighted by Crippen LogP contribution is -2.38. The van der Waals surface area contributed by atoms with E-state index in [9.17, 15) is 22.0 Å². The molecule has 0 radical (unpaired) electrons. The summed E-state index contributed by atoms with van der Waals surface area (Å²) >= 11 is 5.80. The normalized spacial score (nSPS) is 11.2. The Labute approximate surface area is 142 Å². The second-order valence-electron chi connectivity index (χ2n) is 4.92. The number of amides is 1. The summed E-state index contributed by atoms with van der Waals surface area (Å²) in [6, 6.07) is 8.65. The monoisotopic (exact) mass is 374 g/mol. The lowest BCUT2D eigenvalue weighted by atomic mass is 10.3. The zero-order valence-corrected chi connectivity index (χ0v) is 14.0. The highest BCUT2D eigenvalue weighted by molar-refractivity contribution is 7.92. The molecule has 0 heterocycles. The minimum absolute atomic E-state index is 0.362. The van der Waals surface area contributed by atoms with Crippen LogP contribution in [0.4, 0.5) is 20.2 Å².